The molecule has 3 aliphatic heterocycles. The molecule has 0 N–H and O–H groups in total. The average Bonchev–Trinajstić information content (AvgIpc) is 3.13. The van der Waals surface area contributed by atoms with E-state index in [1.54, 1.807) is 4.90 Å². The average molecular weight is 299 g/mol. The minimum atomic E-state index is -0.291. The smallest absolute Gasteiger partial charge is 0.308 e. The van der Waals surface area contributed by atoms with Crippen LogP contribution in [-0.2, 0) is 17.8 Å². The molecule has 0 radical (unpaired) electrons. The van der Waals surface area contributed by atoms with Crippen LogP contribution in [0.25, 0.3) is 0 Å². The highest BCUT2D eigenvalue weighted by atomic mass is 16.2. The fourth-order valence-corrected chi connectivity index (χ4v) is 3.83. The SMILES string of the molecule is O=C1[C@H]2Cc3ccccc3CN2C(=O)N1CCN1CCCC1. The summed E-state index contributed by atoms with van der Waals surface area (Å²) in [6, 6.07) is 7.71. The van der Waals surface area contributed by atoms with E-state index in [9.17, 15) is 9.59 Å². The number of carbonyl (C=O) groups is 2. The van der Waals surface area contributed by atoms with E-state index in [1.807, 2.05) is 12.1 Å². The van der Waals surface area contributed by atoms with Crippen LogP contribution in [0.4, 0.5) is 4.79 Å². The van der Waals surface area contributed by atoms with E-state index in [0.717, 1.165) is 19.6 Å². The molecule has 1 atom stereocenters. The number of imide groups is 1. The summed E-state index contributed by atoms with van der Waals surface area (Å²) in [5.41, 5.74) is 2.37. The Bertz CT molecular complexity index is 567. The third-order valence-corrected chi connectivity index (χ3v) is 5.11. The highest BCUT2D eigenvalue weighted by molar-refractivity contribution is 6.04. The lowest BCUT2D eigenvalue weighted by molar-refractivity contribution is -0.128. The van der Waals surface area contributed by atoms with Gasteiger partial charge in [0.1, 0.15) is 6.04 Å². The molecule has 22 heavy (non-hydrogen) atoms. The molecule has 5 nitrogen and oxygen atoms in total. The van der Waals surface area contributed by atoms with Gasteiger partial charge in [0, 0.05) is 26.1 Å². The summed E-state index contributed by atoms with van der Waals surface area (Å²) in [5, 5.41) is 0. The third-order valence-electron chi connectivity index (χ3n) is 5.11. The summed E-state index contributed by atoms with van der Waals surface area (Å²) in [4.78, 5) is 30.7. The van der Waals surface area contributed by atoms with Crippen molar-refractivity contribution in [2.75, 3.05) is 26.2 Å². The van der Waals surface area contributed by atoms with E-state index < -0.39 is 0 Å². The van der Waals surface area contributed by atoms with Gasteiger partial charge in [0.25, 0.3) is 5.91 Å². The van der Waals surface area contributed by atoms with E-state index in [4.69, 9.17) is 0 Å². The number of amides is 3. The van der Waals surface area contributed by atoms with Gasteiger partial charge in [-0.2, -0.15) is 0 Å². The zero-order valence-electron chi connectivity index (χ0n) is 12.7. The number of rotatable bonds is 3. The van der Waals surface area contributed by atoms with Crippen molar-refractivity contribution in [1.82, 2.24) is 14.7 Å². The number of likely N-dealkylation sites (tertiary alicyclic amines) is 1. The maximum absolute atomic E-state index is 12.6. The van der Waals surface area contributed by atoms with E-state index in [0.29, 0.717) is 19.5 Å². The monoisotopic (exact) mass is 299 g/mol. The number of nitrogens with zero attached hydrogens (tertiary/aromatic N) is 3. The molecular weight excluding hydrogens is 278 g/mol. The van der Waals surface area contributed by atoms with Crippen LogP contribution in [-0.4, -0.2) is 58.9 Å². The maximum atomic E-state index is 12.6. The van der Waals surface area contributed by atoms with Crippen molar-refractivity contribution in [1.29, 1.82) is 0 Å². The van der Waals surface area contributed by atoms with Crippen LogP contribution in [0.5, 0.6) is 0 Å². The number of urea groups is 1. The first-order valence-corrected chi connectivity index (χ1v) is 8.15. The highest BCUT2D eigenvalue weighted by Crippen LogP contribution is 2.29. The largest absolute Gasteiger partial charge is 0.327 e. The first-order chi connectivity index (χ1) is 10.7. The first-order valence-electron chi connectivity index (χ1n) is 8.15. The first kappa shape index (κ1) is 13.8. The van der Waals surface area contributed by atoms with Crippen molar-refractivity contribution < 1.29 is 9.59 Å². The maximum Gasteiger partial charge on any atom is 0.327 e. The third kappa shape index (κ3) is 2.20. The molecule has 0 spiro atoms. The predicted molar refractivity (Wildman–Crippen MR) is 82.3 cm³/mol. The Morgan fingerprint density at radius 3 is 2.50 bits per heavy atom. The van der Waals surface area contributed by atoms with Crippen LogP contribution in [0.3, 0.4) is 0 Å². The van der Waals surface area contributed by atoms with Gasteiger partial charge in [-0.3, -0.25) is 9.69 Å². The number of hydrogen-bond donors (Lipinski definition) is 0. The van der Waals surface area contributed by atoms with Gasteiger partial charge in [0.05, 0.1) is 0 Å². The second kappa shape index (κ2) is 5.39. The van der Waals surface area contributed by atoms with E-state index >= 15 is 0 Å². The molecule has 3 amide bonds. The van der Waals surface area contributed by atoms with Gasteiger partial charge < -0.3 is 9.80 Å². The molecule has 5 heteroatoms. The lowest BCUT2D eigenvalue weighted by Gasteiger charge is -2.28. The minimum Gasteiger partial charge on any atom is -0.308 e. The van der Waals surface area contributed by atoms with Crippen LogP contribution in [0.15, 0.2) is 24.3 Å². The highest BCUT2D eigenvalue weighted by Gasteiger charge is 2.46. The summed E-state index contributed by atoms with van der Waals surface area (Å²) in [6.07, 6.45) is 3.11. The Balaban J connectivity index is 1.49. The number of benzene rings is 1. The van der Waals surface area contributed by atoms with E-state index in [1.165, 1.54) is 28.9 Å². The Kier molecular flexibility index (Phi) is 3.37. The van der Waals surface area contributed by atoms with Gasteiger partial charge in [0.2, 0.25) is 0 Å². The Morgan fingerprint density at radius 1 is 1.00 bits per heavy atom. The van der Waals surface area contributed by atoms with Gasteiger partial charge in [-0.05, 0) is 37.1 Å². The molecule has 0 saturated carbocycles. The molecule has 4 rings (SSSR count). The van der Waals surface area contributed by atoms with E-state index in [2.05, 4.69) is 17.0 Å². The molecule has 0 aliphatic carbocycles. The number of hydrogen-bond acceptors (Lipinski definition) is 3. The molecule has 116 valence electrons. The molecular formula is C17H21N3O2. The quantitative estimate of drug-likeness (QED) is 0.794. The summed E-state index contributed by atoms with van der Waals surface area (Å²) < 4.78 is 0. The standard InChI is InChI=1S/C17H21N3O2/c21-16-15-11-13-5-1-2-6-14(13)12-20(15)17(22)19(16)10-9-18-7-3-4-8-18/h1-2,5-6,15H,3-4,7-12H2/t15-/m1/s1. The van der Waals surface area contributed by atoms with Crippen molar-refractivity contribution in [3.63, 3.8) is 0 Å². The lowest BCUT2D eigenvalue weighted by Crippen LogP contribution is -2.40. The molecule has 0 unspecified atom stereocenters. The second-order valence-corrected chi connectivity index (χ2v) is 6.44. The summed E-state index contributed by atoms with van der Waals surface area (Å²) in [5.74, 6) is -0.0151. The second-order valence-electron chi connectivity index (χ2n) is 6.44. The zero-order valence-corrected chi connectivity index (χ0v) is 12.7. The lowest BCUT2D eigenvalue weighted by atomic mass is 9.95. The molecule has 3 heterocycles. The number of carbonyl (C=O) groups excluding carboxylic acids is 2. The summed E-state index contributed by atoms with van der Waals surface area (Å²) >= 11 is 0. The van der Waals surface area contributed by atoms with Crippen molar-refractivity contribution in [3.05, 3.63) is 35.4 Å². The topological polar surface area (TPSA) is 43.9 Å². The molecule has 0 bridgehead atoms. The van der Waals surface area contributed by atoms with Crippen LogP contribution in [0.2, 0.25) is 0 Å². The Hall–Kier alpha value is -1.88. The molecule has 2 fully saturated rings. The summed E-state index contributed by atoms with van der Waals surface area (Å²) in [6.45, 7) is 4.08. The van der Waals surface area contributed by atoms with Crippen molar-refractivity contribution in [2.45, 2.75) is 31.8 Å². The predicted octanol–water partition coefficient (Wildman–Crippen LogP) is 1.47. The fraction of sp³-hybridized carbons (Fsp3) is 0.529. The fourth-order valence-electron chi connectivity index (χ4n) is 3.83. The summed E-state index contributed by atoms with van der Waals surface area (Å²) in [7, 11) is 0. The zero-order chi connectivity index (χ0) is 15.1. The molecule has 1 aromatic carbocycles. The van der Waals surface area contributed by atoms with Gasteiger partial charge in [-0.25, -0.2) is 4.79 Å². The Labute approximate surface area is 130 Å². The van der Waals surface area contributed by atoms with Crippen molar-refractivity contribution >= 4 is 11.9 Å². The molecule has 0 aromatic heterocycles. The number of fused-ring (bicyclic) bond motifs is 2. The Morgan fingerprint density at radius 2 is 1.73 bits per heavy atom. The van der Waals surface area contributed by atoms with E-state index in [-0.39, 0.29) is 18.0 Å². The van der Waals surface area contributed by atoms with Crippen molar-refractivity contribution in [3.8, 4) is 0 Å². The van der Waals surface area contributed by atoms with Crippen LogP contribution < -0.4 is 0 Å². The molecule has 3 aliphatic rings. The van der Waals surface area contributed by atoms with Crippen LogP contribution >= 0.6 is 0 Å². The molecule has 1 aromatic rings. The van der Waals surface area contributed by atoms with Crippen molar-refractivity contribution in [2.24, 2.45) is 0 Å². The van der Waals surface area contributed by atoms with Crippen LogP contribution in [0.1, 0.15) is 24.0 Å². The van der Waals surface area contributed by atoms with Crippen LogP contribution in [0, 0.1) is 0 Å². The van der Waals surface area contributed by atoms with Gasteiger partial charge in [0.15, 0.2) is 0 Å². The molecule has 2 saturated heterocycles. The van der Waals surface area contributed by atoms with Gasteiger partial charge in [-0.15, -0.1) is 0 Å². The minimum absolute atomic E-state index is 0.0151. The normalized spacial score (nSPS) is 24.8. The van der Waals surface area contributed by atoms with Gasteiger partial charge in [-0.1, -0.05) is 24.3 Å². The van der Waals surface area contributed by atoms with Gasteiger partial charge >= 0.3 is 6.03 Å².